The molecule has 0 amide bonds. The number of fused-ring (bicyclic) bond motifs is 1. The van der Waals surface area contributed by atoms with Crippen LogP contribution >= 0.6 is 0 Å². The Morgan fingerprint density at radius 3 is 2.67 bits per heavy atom. The van der Waals surface area contributed by atoms with Gasteiger partial charge in [0.15, 0.2) is 11.5 Å². The number of anilines is 1. The summed E-state index contributed by atoms with van der Waals surface area (Å²) in [6, 6.07) is 15.8. The van der Waals surface area contributed by atoms with Gasteiger partial charge in [-0.25, -0.2) is 4.68 Å². The van der Waals surface area contributed by atoms with E-state index in [1.807, 2.05) is 54.7 Å². The highest BCUT2D eigenvalue weighted by Gasteiger charge is 2.14. The summed E-state index contributed by atoms with van der Waals surface area (Å²) in [4.78, 5) is 0. The van der Waals surface area contributed by atoms with Crippen LogP contribution in [0.5, 0.6) is 11.5 Å². The van der Waals surface area contributed by atoms with Gasteiger partial charge in [-0.1, -0.05) is 23.4 Å². The summed E-state index contributed by atoms with van der Waals surface area (Å²) in [7, 11) is 0. The molecule has 0 saturated heterocycles. The fourth-order valence-electron chi connectivity index (χ4n) is 2.64. The van der Waals surface area contributed by atoms with Gasteiger partial charge in [-0.3, -0.25) is 0 Å². The van der Waals surface area contributed by atoms with Crippen LogP contribution in [0, 0.1) is 0 Å². The topological polar surface area (TPSA) is 61.2 Å². The second kappa shape index (κ2) is 6.23. The molecule has 122 valence electrons. The molecule has 24 heavy (non-hydrogen) atoms. The van der Waals surface area contributed by atoms with Crippen LogP contribution < -0.4 is 14.8 Å². The van der Waals surface area contributed by atoms with Gasteiger partial charge in [0.05, 0.1) is 17.9 Å². The molecule has 0 fully saturated rings. The van der Waals surface area contributed by atoms with E-state index in [9.17, 15) is 0 Å². The van der Waals surface area contributed by atoms with Crippen LogP contribution in [0.25, 0.3) is 5.69 Å². The molecule has 1 N–H and O–H groups in total. The van der Waals surface area contributed by atoms with Gasteiger partial charge in [0, 0.05) is 11.8 Å². The first-order chi connectivity index (χ1) is 11.8. The minimum Gasteiger partial charge on any atom is -0.486 e. The van der Waals surface area contributed by atoms with Gasteiger partial charge < -0.3 is 14.8 Å². The molecule has 6 heteroatoms. The normalized spacial score (nSPS) is 14.2. The van der Waals surface area contributed by atoms with E-state index in [1.165, 1.54) is 0 Å². The Morgan fingerprint density at radius 1 is 1.04 bits per heavy atom. The van der Waals surface area contributed by atoms with Crippen molar-refractivity contribution < 1.29 is 9.47 Å². The van der Waals surface area contributed by atoms with Gasteiger partial charge in [0.25, 0.3) is 0 Å². The van der Waals surface area contributed by atoms with Crippen LogP contribution in [0.3, 0.4) is 0 Å². The minimum absolute atomic E-state index is 0.0185. The SMILES string of the molecule is C[C@H](Nc1ccc2c(c1)OCCO2)c1cn(-c2ccccc2)nn1. The molecule has 1 atom stereocenters. The first-order valence-corrected chi connectivity index (χ1v) is 7.93. The predicted molar refractivity (Wildman–Crippen MR) is 90.8 cm³/mol. The number of ether oxygens (including phenoxy) is 2. The lowest BCUT2D eigenvalue weighted by Crippen LogP contribution is -2.15. The molecule has 4 rings (SSSR count). The van der Waals surface area contributed by atoms with E-state index in [0.29, 0.717) is 13.2 Å². The summed E-state index contributed by atoms with van der Waals surface area (Å²) in [6.45, 7) is 3.23. The zero-order valence-electron chi connectivity index (χ0n) is 13.3. The predicted octanol–water partition coefficient (Wildman–Crippen LogP) is 3.21. The number of benzene rings is 2. The third-order valence-electron chi connectivity index (χ3n) is 3.90. The summed E-state index contributed by atoms with van der Waals surface area (Å²) in [6.07, 6.45) is 1.94. The number of rotatable bonds is 4. The lowest BCUT2D eigenvalue weighted by molar-refractivity contribution is 0.171. The molecular weight excluding hydrogens is 304 g/mol. The molecule has 0 unspecified atom stereocenters. The number of nitrogens with zero attached hydrogens (tertiary/aromatic N) is 3. The van der Waals surface area contributed by atoms with Crippen molar-refractivity contribution >= 4 is 5.69 Å². The van der Waals surface area contributed by atoms with Gasteiger partial charge in [0.2, 0.25) is 0 Å². The fourth-order valence-corrected chi connectivity index (χ4v) is 2.64. The Labute approximate surface area is 140 Å². The maximum Gasteiger partial charge on any atom is 0.163 e. The zero-order valence-corrected chi connectivity index (χ0v) is 13.3. The average Bonchev–Trinajstić information content (AvgIpc) is 3.13. The Bertz CT molecular complexity index is 832. The van der Waals surface area contributed by atoms with Crippen molar-refractivity contribution in [2.75, 3.05) is 18.5 Å². The molecule has 0 saturated carbocycles. The molecule has 1 aliphatic rings. The molecule has 0 bridgehead atoms. The van der Waals surface area contributed by atoms with Crippen molar-refractivity contribution in [3.63, 3.8) is 0 Å². The standard InChI is InChI=1S/C18H18N4O2/c1-13(16-12-22(21-20-16)15-5-3-2-4-6-15)19-14-7-8-17-18(11-14)24-10-9-23-17/h2-8,11-13,19H,9-10H2,1H3/t13-/m0/s1. The van der Waals surface area contributed by atoms with Crippen LogP contribution in [-0.4, -0.2) is 28.2 Å². The maximum absolute atomic E-state index is 5.62. The van der Waals surface area contributed by atoms with Crippen molar-refractivity contribution in [2.45, 2.75) is 13.0 Å². The average molecular weight is 322 g/mol. The van der Waals surface area contributed by atoms with E-state index in [-0.39, 0.29) is 6.04 Å². The van der Waals surface area contributed by atoms with Crippen LogP contribution in [-0.2, 0) is 0 Å². The number of nitrogens with one attached hydrogen (secondary N) is 1. The van der Waals surface area contributed by atoms with Crippen molar-refractivity contribution in [3.05, 3.63) is 60.4 Å². The first kappa shape index (κ1) is 14.6. The lowest BCUT2D eigenvalue weighted by atomic mass is 10.2. The largest absolute Gasteiger partial charge is 0.486 e. The van der Waals surface area contributed by atoms with Gasteiger partial charge >= 0.3 is 0 Å². The molecular formula is C18H18N4O2. The summed E-state index contributed by atoms with van der Waals surface area (Å²) < 4.78 is 12.9. The molecule has 6 nitrogen and oxygen atoms in total. The highest BCUT2D eigenvalue weighted by Crippen LogP contribution is 2.33. The van der Waals surface area contributed by atoms with Gasteiger partial charge in [0.1, 0.15) is 18.9 Å². The first-order valence-electron chi connectivity index (χ1n) is 7.93. The third kappa shape index (κ3) is 2.90. The zero-order chi connectivity index (χ0) is 16.4. The van der Waals surface area contributed by atoms with E-state index in [2.05, 4.69) is 22.6 Å². The summed E-state index contributed by atoms with van der Waals surface area (Å²) >= 11 is 0. The fraction of sp³-hybridized carbons (Fsp3) is 0.222. The molecule has 2 heterocycles. The van der Waals surface area contributed by atoms with E-state index < -0.39 is 0 Å². The smallest absolute Gasteiger partial charge is 0.163 e. The maximum atomic E-state index is 5.62. The van der Waals surface area contributed by atoms with Crippen LogP contribution in [0.1, 0.15) is 18.7 Å². The summed E-state index contributed by atoms with van der Waals surface area (Å²) in [5.74, 6) is 1.56. The summed E-state index contributed by atoms with van der Waals surface area (Å²) in [5.41, 5.74) is 2.82. The Kier molecular flexibility index (Phi) is 3.78. The van der Waals surface area contributed by atoms with Gasteiger partial charge in [-0.05, 0) is 31.2 Å². The molecule has 0 spiro atoms. The van der Waals surface area contributed by atoms with Crippen molar-refractivity contribution in [2.24, 2.45) is 0 Å². The van der Waals surface area contributed by atoms with Crippen LogP contribution in [0.15, 0.2) is 54.7 Å². The Hall–Kier alpha value is -3.02. The van der Waals surface area contributed by atoms with Crippen molar-refractivity contribution in [1.82, 2.24) is 15.0 Å². The van der Waals surface area contributed by atoms with Crippen LogP contribution in [0.2, 0.25) is 0 Å². The lowest BCUT2D eigenvalue weighted by Gasteiger charge is -2.20. The molecule has 2 aromatic carbocycles. The van der Waals surface area contributed by atoms with Crippen molar-refractivity contribution in [1.29, 1.82) is 0 Å². The van der Waals surface area contributed by atoms with E-state index >= 15 is 0 Å². The highest BCUT2D eigenvalue weighted by atomic mass is 16.6. The molecule has 1 aromatic heterocycles. The number of para-hydroxylation sites is 1. The second-order valence-corrected chi connectivity index (χ2v) is 5.65. The monoisotopic (exact) mass is 322 g/mol. The van der Waals surface area contributed by atoms with Crippen LogP contribution in [0.4, 0.5) is 5.69 Å². The molecule has 3 aromatic rings. The van der Waals surface area contributed by atoms with E-state index in [0.717, 1.165) is 28.6 Å². The number of hydrogen-bond donors (Lipinski definition) is 1. The van der Waals surface area contributed by atoms with Crippen molar-refractivity contribution in [3.8, 4) is 17.2 Å². The van der Waals surface area contributed by atoms with E-state index in [1.54, 1.807) is 4.68 Å². The highest BCUT2D eigenvalue weighted by molar-refractivity contribution is 5.55. The molecule has 0 aliphatic carbocycles. The minimum atomic E-state index is 0.0185. The number of aromatic nitrogens is 3. The second-order valence-electron chi connectivity index (χ2n) is 5.65. The Morgan fingerprint density at radius 2 is 1.83 bits per heavy atom. The quantitative estimate of drug-likeness (QED) is 0.799. The van der Waals surface area contributed by atoms with Gasteiger partial charge in [-0.2, -0.15) is 0 Å². The molecule has 1 aliphatic heterocycles. The van der Waals surface area contributed by atoms with E-state index in [4.69, 9.17) is 9.47 Å². The third-order valence-corrected chi connectivity index (χ3v) is 3.90. The summed E-state index contributed by atoms with van der Waals surface area (Å²) in [5, 5.41) is 11.9. The number of hydrogen-bond acceptors (Lipinski definition) is 5. The Balaban J connectivity index is 1.50. The van der Waals surface area contributed by atoms with Gasteiger partial charge in [-0.15, -0.1) is 5.10 Å². The molecule has 0 radical (unpaired) electrons.